The molecule has 0 saturated heterocycles. The minimum atomic E-state index is -3.84. The van der Waals surface area contributed by atoms with E-state index in [9.17, 15) is 33.0 Å². The lowest BCUT2D eigenvalue weighted by atomic mass is 9.85. The molecule has 4 N–H and O–H groups in total. The van der Waals surface area contributed by atoms with Gasteiger partial charge in [-0.05, 0) is 104 Å². The van der Waals surface area contributed by atoms with Crippen LogP contribution in [-0.4, -0.2) is 80.4 Å². The second-order valence-corrected chi connectivity index (χ2v) is 18.8. The summed E-state index contributed by atoms with van der Waals surface area (Å²) in [5.74, 6) is -2.68. The van der Waals surface area contributed by atoms with Crippen LogP contribution in [-0.2, 0) is 37.0 Å². The van der Waals surface area contributed by atoms with Gasteiger partial charge in [0, 0.05) is 19.0 Å². The molecule has 2 amide bonds. The van der Waals surface area contributed by atoms with Crippen molar-refractivity contribution in [3.8, 4) is 0 Å². The van der Waals surface area contributed by atoms with Crippen molar-refractivity contribution in [2.45, 2.75) is 128 Å². The summed E-state index contributed by atoms with van der Waals surface area (Å²) >= 11 is 0. The van der Waals surface area contributed by atoms with Crippen LogP contribution in [0, 0.1) is 17.8 Å². The molecule has 2 aliphatic carbocycles. The van der Waals surface area contributed by atoms with Crippen LogP contribution in [0.4, 0.5) is 10.7 Å². The molecule has 4 rings (SSSR count). The van der Waals surface area contributed by atoms with Crippen LogP contribution in [0.2, 0.25) is 0 Å². The molecule has 12 nitrogen and oxygen atoms in total. The van der Waals surface area contributed by atoms with Gasteiger partial charge in [-0.1, -0.05) is 42.5 Å². The average Bonchev–Trinajstić information content (AvgIpc) is 3.83. The van der Waals surface area contributed by atoms with Crippen LogP contribution in [0.3, 0.4) is 0 Å². The van der Waals surface area contributed by atoms with E-state index >= 15 is 0 Å². The highest BCUT2D eigenvalue weighted by molar-refractivity contribution is 7.92. The first-order chi connectivity index (χ1) is 23.8. The standard InChI is InChI=1S/C38H56N4O8S/c1-37(2,3)50-36(47)42-23-29(39-35(42)41-31(43)20-17-25-13-9-7-10-14-25)22-28(24-51(48,49)38(4,5)6)34(46)40-30(21-26-15-11-8-12-16-26)33(45)32(44)27-18-19-27/h7-11,13-14,23,26-28,30,32-33,44-45H,12,15-22,24H2,1-6H3,(H,40,46)(H,39,41,43)/t26?,28?,30-,32-,33+/m0/s1. The zero-order valence-corrected chi connectivity index (χ0v) is 31.6. The molecule has 0 aliphatic heterocycles. The fourth-order valence-electron chi connectivity index (χ4n) is 6.12. The number of aryl methyl sites for hydroxylation is 1. The van der Waals surface area contributed by atoms with E-state index in [0.717, 1.165) is 42.2 Å². The lowest BCUT2D eigenvalue weighted by Gasteiger charge is -2.32. The van der Waals surface area contributed by atoms with Crippen molar-refractivity contribution in [2.75, 3.05) is 11.1 Å². The van der Waals surface area contributed by atoms with Crippen molar-refractivity contribution in [1.82, 2.24) is 14.9 Å². The maximum absolute atomic E-state index is 14.1. The molecule has 1 aromatic heterocycles. The number of carbonyl (C=O) groups excluding carboxylic acids is 3. The molecule has 1 heterocycles. The molecule has 282 valence electrons. The van der Waals surface area contributed by atoms with E-state index in [1.807, 2.05) is 30.3 Å². The van der Waals surface area contributed by atoms with Crippen LogP contribution in [0.5, 0.6) is 0 Å². The lowest BCUT2D eigenvalue weighted by molar-refractivity contribution is -0.127. The third-order valence-corrected chi connectivity index (χ3v) is 12.1. The number of carbonyl (C=O) groups is 3. The van der Waals surface area contributed by atoms with Crippen LogP contribution >= 0.6 is 0 Å². The normalized spacial score (nSPS) is 19.1. The van der Waals surface area contributed by atoms with Gasteiger partial charge in [0.2, 0.25) is 17.8 Å². The Bertz CT molecular complexity index is 1640. The minimum Gasteiger partial charge on any atom is -0.443 e. The topological polar surface area (TPSA) is 177 Å². The molecule has 2 aliphatic rings. The molecule has 0 bridgehead atoms. The average molecular weight is 729 g/mol. The fraction of sp³-hybridized carbons (Fsp3) is 0.632. The maximum atomic E-state index is 14.1. The third-order valence-electron chi connectivity index (χ3n) is 9.42. The van der Waals surface area contributed by atoms with E-state index in [1.165, 1.54) is 6.20 Å². The number of nitrogens with zero attached hydrogens (tertiary/aromatic N) is 2. The van der Waals surface area contributed by atoms with Gasteiger partial charge in [0.05, 0.1) is 34.3 Å². The molecule has 2 unspecified atom stereocenters. The SMILES string of the molecule is CC(C)(C)OC(=O)n1cc(CC(CS(=O)(=O)C(C)(C)C)C(=O)N[C@@H](CC2CC=CCC2)[C@@H](O)[C@@H](O)C2CC2)nc1NC(=O)CCc1ccccc1. The van der Waals surface area contributed by atoms with E-state index in [2.05, 4.69) is 27.8 Å². The Kier molecular flexibility index (Phi) is 13.3. The first kappa shape index (κ1) is 40.2. The van der Waals surface area contributed by atoms with Gasteiger partial charge in [-0.25, -0.2) is 22.8 Å². The number of amides is 2. The number of sulfone groups is 1. The highest BCUT2D eigenvalue weighted by atomic mass is 32.2. The van der Waals surface area contributed by atoms with Crippen LogP contribution in [0.15, 0.2) is 48.7 Å². The van der Waals surface area contributed by atoms with Crippen molar-refractivity contribution in [3.63, 3.8) is 0 Å². The number of ether oxygens (including phenoxy) is 1. The quantitative estimate of drug-likeness (QED) is 0.184. The molecule has 2 aromatic rings. The van der Waals surface area contributed by atoms with Gasteiger partial charge in [0.25, 0.3) is 0 Å². The zero-order chi connectivity index (χ0) is 37.6. The minimum absolute atomic E-state index is 0.0409. The second-order valence-electron chi connectivity index (χ2n) is 16.1. The largest absolute Gasteiger partial charge is 0.443 e. The van der Waals surface area contributed by atoms with Crippen molar-refractivity contribution in [1.29, 1.82) is 0 Å². The summed E-state index contributed by atoms with van der Waals surface area (Å²) in [6.45, 7) is 9.79. The van der Waals surface area contributed by atoms with Crippen molar-refractivity contribution >= 4 is 33.7 Å². The maximum Gasteiger partial charge on any atom is 0.421 e. The summed E-state index contributed by atoms with van der Waals surface area (Å²) in [5.41, 5.74) is 0.288. The molecule has 1 aromatic carbocycles. The number of benzene rings is 1. The highest BCUT2D eigenvalue weighted by Crippen LogP contribution is 2.36. The lowest BCUT2D eigenvalue weighted by Crippen LogP contribution is -2.52. The van der Waals surface area contributed by atoms with Crippen molar-refractivity contribution in [3.05, 3.63) is 59.9 Å². The third kappa shape index (κ3) is 12.0. The molecule has 13 heteroatoms. The summed E-state index contributed by atoms with van der Waals surface area (Å²) in [6, 6.07) is 8.66. The zero-order valence-electron chi connectivity index (χ0n) is 30.8. The molecule has 1 saturated carbocycles. The van der Waals surface area contributed by atoms with Crippen LogP contribution < -0.4 is 10.6 Å². The summed E-state index contributed by atoms with van der Waals surface area (Å²) in [5, 5.41) is 27.8. The van der Waals surface area contributed by atoms with E-state index in [-0.39, 0.29) is 36.3 Å². The molecule has 0 spiro atoms. The number of nitrogens with one attached hydrogen (secondary N) is 2. The van der Waals surface area contributed by atoms with E-state index in [1.54, 1.807) is 41.5 Å². The monoisotopic (exact) mass is 728 g/mol. The van der Waals surface area contributed by atoms with Crippen molar-refractivity contribution in [2.24, 2.45) is 17.8 Å². The highest BCUT2D eigenvalue weighted by Gasteiger charge is 2.41. The summed E-state index contributed by atoms with van der Waals surface area (Å²) in [7, 11) is -3.84. The summed E-state index contributed by atoms with van der Waals surface area (Å²) in [6.07, 6.45) is 7.41. The summed E-state index contributed by atoms with van der Waals surface area (Å²) < 4.78 is 32.5. The van der Waals surface area contributed by atoms with E-state index in [0.29, 0.717) is 12.8 Å². The Morgan fingerprint density at radius 1 is 1.02 bits per heavy atom. The molecule has 5 atom stereocenters. The van der Waals surface area contributed by atoms with Gasteiger partial charge in [0.1, 0.15) is 11.7 Å². The van der Waals surface area contributed by atoms with Gasteiger partial charge in [-0.3, -0.25) is 14.9 Å². The number of aliphatic hydroxyl groups is 2. The van der Waals surface area contributed by atoms with Crippen LogP contribution in [0.1, 0.15) is 97.7 Å². The molecule has 51 heavy (non-hydrogen) atoms. The van der Waals surface area contributed by atoms with Crippen LogP contribution in [0.25, 0.3) is 0 Å². The number of imidazole rings is 1. The predicted molar refractivity (Wildman–Crippen MR) is 196 cm³/mol. The molecular formula is C38H56N4O8S. The second kappa shape index (κ2) is 16.9. The Morgan fingerprint density at radius 3 is 2.29 bits per heavy atom. The van der Waals surface area contributed by atoms with Gasteiger partial charge in [-0.2, -0.15) is 0 Å². The first-order valence-electron chi connectivity index (χ1n) is 18.0. The Balaban J connectivity index is 1.62. The van der Waals surface area contributed by atoms with E-state index in [4.69, 9.17) is 4.74 Å². The van der Waals surface area contributed by atoms with Gasteiger partial charge in [-0.15, -0.1) is 0 Å². The number of aromatic nitrogens is 2. The first-order valence-corrected chi connectivity index (χ1v) is 19.7. The Hall–Kier alpha value is -3.55. The predicted octanol–water partition coefficient (Wildman–Crippen LogP) is 4.97. The molecular weight excluding hydrogens is 673 g/mol. The fourth-order valence-corrected chi connectivity index (χ4v) is 7.42. The number of hydrogen-bond donors (Lipinski definition) is 4. The Morgan fingerprint density at radius 2 is 1.71 bits per heavy atom. The van der Waals surface area contributed by atoms with Gasteiger partial charge in [0.15, 0.2) is 9.84 Å². The van der Waals surface area contributed by atoms with E-state index < -0.39 is 68.0 Å². The Labute approximate surface area is 302 Å². The number of aliphatic hydroxyl groups excluding tert-OH is 2. The van der Waals surface area contributed by atoms with Gasteiger partial charge >= 0.3 is 6.09 Å². The number of allylic oxidation sites excluding steroid dienone is 2. The number of anilines is 1. The number of rotatable bonds is 15. The number of hydrogen-bond acceptors (Lipinski definition) is 9. The van der Waals surface area contributed by atoms with Crippen molar-refractivity contribution < 1.29 is 37.8 Å². The summed E-state index contributed by atoms with van der Waals surface area (Å²) in [4.78, 5) is 45.0. The molecule has 1 fully saturated rings. The smallest absolute Gasteiger partial charge is 0.421 e. The molecule has 0 radical (unpaired) electrons. The van der Waals surface area contributed by atoms with Gasteiger partial charge < -0.3 is 20.3 Å².